The lowest BCUT2D eigenvalue weighted by molar-refractivity contribution is 0.911. The van der Waals surface area contributed by atoms with Gasteiger partial charge < -0.3 is 0 Å². The Labute approximate surface area is 204 Å². The van der Waals surface area contributed by atoms with Crippen molar-refractivity contribution in [1.29, 1.82) is 0 Å². The molecule has 0 radical (unpaired) electrons. The van der Waals surface area contributed by atoms with Crippen molar-refractivity contribution in [3.63, 3.8) is 0 Å². The van der Waals surface area contributed by atoms with Crippen LogP contribution in [0.15, 0.2) is 157 Å². The van der Waals surface area contributed by atoms with E-state index in [0.29, 0.717) is 0 Å². The van der Waals surface area contributed by atoms with Gasteiger partial charge in [0.2, 0.25) is 0 Å². The zero-order valence-electron chi connectivity index (χ0n) is 18.9. The normalized spacial score (nSPS) is 16.5. The molecular weight excluding hydrogens is 446 g/mol. The van der Waals surface area contributed by atoms with Gasteiger partial charge in [-0.2, -0.15) is 0 Å². The first-order valence-corrected chi connectivity index (χ1v) is 15.2. The van der Waals surface area contributed by atoms with E-state index in [0.717, 1.165) is 0 Å². The Balaban J connectivity index is 1.74. The molecule has 2 heteroatoms. The van der Waals surface area contributed by atoms with Crippen molar-refractivity contribution in [1.82, 2.24) is 0 Å². The predicted molar refractivity (Wildman–Crippen MR) is 148 cm³/mol. The average molecular weight is 473 g/mol. The number of benzene rings is 4. The van der Waals surface area contributed by atoms with Gasteiger partial charge in [-0.15, -0.1) is 0 Å². The highest BCUT2D eigenvalue weighted by atomic mass is 32.1. The highest BCUT2D eigenvalue weighted by Crippen LogP contribution is 2.87. The Kier molecular flexibility index (Phi) is 5.58. The van der Waals surface area contributed by atoms with Gasteiger partial charge in [-0.1, -0.05) is 153 Å². The molecule has 0 aliphatic carbocycles. The van der Waals surface area contributed by atoms with Crippen LogP contribution in [0, 0.1) is 0 Å². The summed E-state index contributed by atoms with van der Waals surface area (Å²) in [5.41, 5.74) is 5.53. The van der Waals surface area contributed by atoms with Gasteiger partial charge in [-0.05, 0) is 41.5 Å². The first-order chi connectivity index (χ1) is 16.9. The van der Waals surface area contributed by atoms with Gasteiger partial charge in [0, 0.05) is 0 Å². The van der Waals surface area contributed by atoms with Crippen molar-refractivity contribution in [2.24, 2.45) is 0 Å². The van der Waals surface area contributed by atoms with E-state index in [4.69, 9.17) is 0 Å². The van der Waals surface area contributed by atoms with Crippen LogP contribution in [0.4, 0.5) is 0 Å². The molecule has 0 atom stereocenters. The van der Waals surface area contributed by atoms with Gasteiger partial charge in [0.25, 0.3) is 0 Å². The maximum Gasteiger partial charge on any atom is 0.0670 e. The van der Waals surface area contributed by atoms with E-state index in [2.05, 4.69) is 157 Å². The molecule has 0 spiro atoms. The van der Waals surface area contributed by atoms with Crippen molar-refractivity contribution < 1.29 is 0 Å². The van der Waals surface area contributed by atoms with Crippen molar-refractivity contribution in [2.45, 2.75) is 10.3 Å². The van der Waals surface area contributed by atoms with Crippen LogP contribution in [0.25, 0.3) is 0 Å². The molecule has 4 aromatic carbocycles. The Morgan fingerprint density at radius 3 is 0.941 bits per heavy atom. The highest BCUT2D eigenvalue weighted by molar-refractivity contribution is 8.26. The third-order valence-electron chi connectivity index (χ3n) is 6.91. The van der Waals surface area contributed by atoms with E-state index in [9.17, 15) is 0 Å². The lowest BCUT2D eigenvalue weighted by atomic mass is 9.86. The summed E-state index contributed by atoms with van der Waals surface area (Å²) in [5, 5.41) is -0.373. The molecule has 34 heavy (non-hydrogen) atoms. The van der Waals surface area contributed by atoms with E-state index in [-0.39, 0.29) is 10.3 Å². The number of hydrogen-bond acceptors (Lipinski definition) is 0. The van der Waals surface area contributed by atoms with Crippen LogP contribution in [-0.4, -0.2) is 0 Å². The molecule has 164 valence electrons. The summed E-state index contributed by atoms with van der Waals surface area (Å²) in [7, 11) is -1.14. The molecule has 0 saturated carbocycles. The summed E-state index contributed by atoms with van der Waals surface area (Å²) in [4.78, 5) is 0. The Hall–Kier alpha value is -3.17. The van der Waals surface area contributed by atoms with Crippen LogP contribution < -0.4 is 0 Å². The minimum atomic E-state index is -0.667. The smallest absolute Gasteiger partial charge is 0.0670 e. The van der Waals surface area contributed by atoms with Crippen molar-refractivity contribution >= 4 is 14.8 Å². The molecule has 0 fully saturated rings. The summed E-state index contributed by atoms with van der Waals surface area (Å²) < 4.78 is 0. The second kappa shape index (κ2) is 8.88. The van der Waals surface area contributed by atoms with E-state index < -0.39 is 14.8 Å². The van der Waals surface area contributed by atoms with Crippen LogP contribution in [0.2, 0.25) is 0 Å². The summed E-state index contributed by atoms with van der Waals surface area (Å²) in [5.74, 6) is 4.96. The Bertz CT molecular complexity index is 1200. The average Bonchev–Trinajstić information content (AvgIpc) is 3.58. The second-order valence-electron chi connectivity index (χ2n) is 8.71. The highest BCUT2D eigenvalue weighted by Gasteiger charge is 2.56. The lowest BCUT2D eigenvalue weighted by Crippen LogP contribution is -2.27. The molecule has 0 nitrogen and oxygen atoms in total. The molecule has 1 aliphatic heterocycles. The fourth-order valence-corrected chi connectivity index (χ4v) is 14.9. The maximum atomic E-state index is 2.55. The first kappa shape index (κ1) is 21.4. The first-order valence-electron chi connectivity index (χ1n) is 11.7. The standard InChI is InChI=1S/C32H26P2/c1-5-15-27(16-6-1)31(28-17-7-2-8-18-28)23-24-32(29-19-9-3-10-20-29,30-21-11-4-12-22-30)34(31)33-25-13-14-26-33/h1-26H. The van der Waals surface area contributed by atoms with Crippen molar-refractivity contribution in [2.75, 3.05) is 0 Å². The molecule has 6 rings (SSSR count). The molecule has 0 unspecified atom stereocenters. The fraction of sp³-hybridized carbons (Fsp3) is 0.0625. The lowest BCUT2D eigenvalue weighted by Gasteiger charge is -2.45. The maximum absolute atomic E-state index is 2.55. The molecule has 0 bridgehead atoms. The summed E-state index contributed by atoms with van der Waals surface area (Å²) >= 11 is 0. The number of allylic oxidation sites excluding steroid dienone is 2. The van der Waals surface area contributed by atoms with E-state index in [1.807, 2.05) is 0 Å². The molecule has 0 amide bonds. The molecule has 1 aliphatic rings. The van der Waals surface area contributed by atoms with Crippen LogP contribution in [-0.2, 0) is 10.3 Å². The van der Waals surface area contributed by atoms with E-state index in [1.54, 1.807) is 0 Å². The van der Waals surface area contributed by atoms with Crippen molar-refractivity contribution in [3.8, 4) is 0 Å². The fourth-order valence-electron chi connectivity index (χ4n) is 5.46. The molecule has 0 N–H and O–H groups in total. The van der Waals surface area contributed by atoms with Gasteiger partial charge in [0.15, 0.2) is 0 Å². The summed E-state index contributed by atoms with van der Waals surface area (Å²) in [6.45, 7) is 0. The molecule has 2 heterocycles. The van der Waals surface area contributed by atoms with Gasteiger partial charge in [0.05, 0.1) is 10.3 Å². The largest absolute Gasteiger partial charge is 0.0972 e. The zero-order valence-corrected chi connectivity index (χ0v) is 20.7. The molecule has 0 saturated heterocycles. The minimum absolute atomic E-state index is 0.186. The quantitative estimate of drug-likeness (QED) is 0.177. The van der Waals surface area contributed by atoms with E-state index in [1.165, 1.54) is 22.3 Å². The molecule has 5 aromatic rings. The van der Waals surface area contributed by atoms with Gasteiger partial charge in [-0.25, -0.2) is 0 Å². The number of hydrogen-bond donors (Lipinski definition) is 0. The van der Waals surface area contributed by atoms with Crippen LogP contribution in [0.1, 0.15) is 22.3 Å². The van der Waals surface area contributed by atoms with Crippen LogP contribution in [0.5, 0.6) is 0 Å². The van der Waals surface area contributed by atoms with E-state index >= 15 is 0 Å². The van der Waals surface area contributed by atoms with Crippen LogP contribution >= 0.6 is 14.8 Å². The van der Waals surface area contributed by atoms with Crippen molar-refractivity contribution in [3.05, 3.63) is 179 Å². The summed E-state index contributed by atoms with van der Waals surface area (Å²) in [6, 6.07) is 49.2. The van der Waals surface area contributed by atoms with Gasteiger partial charge in [-0.3, -0.25) is 0 Å². The SMILES string of the molecule is C1=CC(c2ccccc2)(c2ccccc2)P(p2cccc2)C1(c1ccccc1)c1ccccc1. The summed E-state index contributed by atoms with van der Waals surface area (Å²) in [6.07, 6.45) is 5.09. The zero-order chi connectivity index (χ0) is 22.8. The van der Waals surface area contributed by atoms with Gasteiger partial charge in [0.1, 0.15) is 0 Å². The third kappa shape index (κ3) is 3.25. The Morgan fingerprint density at radius 2 is 0.647 bits per heavy atom. The molecular formula is C32H26P2. The number of rotatable bonds is 5. The van der Waals surface area contributed by atoms with Crippen LogP contribution in [0.3, 0.4) is 0 Å². The monoisotopic (exact) mass is 472 g/mol. The predicted octanol–water partition coefficient (Wildman–Crippen LogP) is 9.38. The van der Waals surface area contributed by atoms with Gasteiger partial charge >= 0.3 is 0 Å². The topological polar surface area (TPSA) is 0 Å². The third-order valence-corrected chi connectivity index (χ3v) is 15.1. The second-order valence-corrected chi connectivity index (χ2v) is 14.7. The minimum Gasteiger partial charge on any atom is -0.0972 e. The Morgan fingerprint density at radius 1 is 0.353 bits per heavy atom. The molecule has 1 aromatic heterocycles.